The zero-order chi connectivity index (χ0) is 18.4. The number of likely N-dealkylation sites (N-methyl/N-ethyl adjacent to an activating group) is 1. The van der Waals surface area contributed by atoms with Gasteiger partial charge in [0, 0.05) is 11.6 Å². The standard InChI is InChI=1S/C19H22Cl2N2O2/c1-13-10-14(2)19(17(21)11-13)22-18(24)12-23(3)8-9-25-16-6-4-15(20)5-7-16/h4-7,10-11H,8-9,12H2,1-3H3,(H,22,24). The van der Waals surface area contributed by atoms with Crippen LogP contribution >= 0.6 is 23.2 Å². The third-order valence-corrected chi connectivity index (χ3v) is 4.22. The number of nitrogens with one attached hydrogen (secondary N) is 1. The average molecular weight is 381 g/mol. The summed E-state index contributed by atoms with van der Waals surface area (Å²) in [5.41, 5.74) is 2.69. The number of nitrogens with zero attached hydrogens (tertiary/aromatic N) is 1. The maximum Gasteiger partial charge on any atom is 0.238 e. The Kier molecular flexibility index (Phi) is 7.12. The molecule has 0 radical (unpaired) electrons. The second kappa shape index (κ2) is 9.09. The molecule has 0 aliphatic carbocycles. The molecular formula is C19H22Cl2N2O2. The van der Waals surface area contributed by atoms with E-state index in [-0.39, 0.29) is 12.5 Å². The van der Waals surface area contributed by atoms with E-state index in [1.54, 1.807) is 12.1 Å². The molecule has 1 N–H and O–H groups in total. The molecule has 25 heavy (non-hydrogen) atoms. The zero-order valence-electron chi connectivity index (χ0n) is 14.6. The molecule has 2 rings (SSSR count). The molecule has 1 amide bonds. The first-order valence-electron chi connectivity index (χ1n) is 7.98. The van der Waals surface area contributed by atoms with Gasteiger partial charge in [-0.3, -0.25) is 9.69 Å². The summed E-state index contributed by atoms with van der Waals surface area (Å²) in [5.74, 6) is 0.646. The summed E-state index contributed by atoms with van der Waals surface area (Å²) in [6.07, 6.45) is 0. The van der Waals surface area contributed by atoms with Crippen LogP contribution in [0.1, 0.15) is 11.1 Å². The Morgan fingerprint density at radius 1 is 1.16 bits per heavy atom. The van der Waals surface area contributed by atoms with Gasteiger partial charge in [-0.1, -0.05) is 29.3 Å². The van der Waals surface area contributed by atoms with Gasteiger partial charge in [-0.2, -0.15) is 0 Å². The fourth-order valence-corrected chi connectivity index (χ4v) is 2.92. The van der Waals surface area contributed by atoms with E-state index in [1.807, 2.05) is 50.1 Å². The normalized spacial score (nSPS) is 10.8. The van der Waals surface area contributed by atoms with Gasteiger partial charge in [0.05, 0.1) is 17.3 Å². The Morgan fingerprint density at radius 2 is 1.84 bits per heavy atom. The fraction of sp³-hybridized carbons (Fsp3) is 0.316. The van der Waals surface area contributed by atoms with Crippen molar-refractivity contribution in [2.45, 2.75) is 13.8 Å². The van der Waals surface area contributed by atoms with Crippen molar-refractivity contribution in [2.24, 2.45) is 0 Å². The molecule has 134 valence electrons. The molecule has 0 aliphatic rings. The lowest BCUT2D eigenvalue weighted by atomic mass is 10.1. The highest BCUT2D eigenvalue weighted by Gasteiger charge is 2.11. The molecule has 0 unspecified atom stereocenters. The summed E-state index contributed by atoms with van der Waals surface area (Å²) in [4.78, 5) is 14.1. The van der Waals surface area contributed by atoms with Gasteiger partial charge in [-0.05, 0) is 62.4 Å². The van der Waals surface area contributed by atoms with Gasteiger partial charge in [-0.15, -0.1) is 0 Å². The maximum absolute atomic E-state index is 12.2. The number of halogens is 2. The van der Waals surface area contributed by atoms with Crippen molar-refractivity contribution in [3.63, 3.8) is 0 Å². The Labute approximate surface area is 158 Å². The monoisotopic (exact) mass is 380 g/mol. The smallest absolute Gasteiger partial charge is 0.238 e. The van der Waals surface area contributed by atoms with E-state index < -0.39 is 0 Å². The van der Waals surface area contributed by atoms with Crippen LogP contribution in [0.4, 0.5) is 5.69 Å². The number of aryl methyl sites for hydroxylation is 2. The largest absolute Gasteiger partial charge is 0.492 e. The van der Waals surface area contributed by atoms with Gasteiger partial charge in [0.1, 0.15) is 12.4 Å². The summed E-state index contributed by atoms with van der Waals surface area (Å²) in [7, 11) is 1.87. The predicted octanol–water partition coefficient (Wildman–Crippen LogP) is 4.56. The molecule has 0 bridgehead atoms. The van der Waals surface area contributed by atoms with Crippen molar-refractivity contribution in [1.82, 2.24) is 4.90 Å². The topological polar surface area (TPSA) is 41.6 Å². The number of hydrogen-bond donors (Lipinski definition) is 1. The molecule has 2 aromatic rings. The molecule has 0 aliphatic heterocycles. The predicted molar refractivity (Wildman–Crippen MR) is 104 cm³/mol. The lowest BCUT2D eigenvalue weighted by Gasteiger charge is -2.18. The first-order valence-corrected chi connectivity index (χ1v) is 8.74. The summed E-state index contributed by atoms with van der Waals surface area (Å²) >= 11 is 12.1. The van der Waals surface area contributed by atoms with E-state index in [0.29, 0.717) is 28.9 Å². The molecule has 2 aromatic carbocycles. The highest BCUT2D eigenvalue weighted by atomic mass is 35.5. The second-order valence-electron chi connectivity index (χ2n) is 6.03. The minimum Gasteiger partial charge on any atom is -0.492 e. The SMILES string of the molecule is Cc1cc(C)c(NC(=O)CN(C)CCOc2ccc(Cl)cc2)c(Cl)c1. The van der Waals surface area contributed by atoms with Gasteiger partial charge in [0.15, 0.2) is 0 Å². The van der Waals surface area contributed by atoms with E-state index in [4.69, 9.17) is 27.9 Å². The minimum absolute atomic E-state index is 0.108. The number of carbonyl (C=O) groups excluding carboxylic acids is 1. The molecule has 0 fully saturated rings. The van der Waals surface area contributed by atoms with Crippen LogP contribution in [0.3, 0.4) is 0 Å². The summed E-state index contributed by atoms with van der Waals surface area (Å²) in [6, 6.07) is 11.0. The van der Waals surface area contributed by atoms with Gasteiger partial charge < -0.3 is 10.1 Å². The van der Waals surface area contributed by atoms with E-state index >= 15 is 0 Å². The average Bonchev–Trinajstić information content (AvgIpc) is 2.52. The molecule has 0 aromatic heterocycles. The highest BCUT2D eigenvalue weighted by molar-refractivity contribution is 6.34. The minimum atomic E-state index is -0.108. The highest BCUT2D eigenvalue weighted by Crippen LogP contribution is 2.27. The molecule has 0 saturated heterocycles. The van der Waals surface area contributed by atoms with Crippen molar-refractivity contribution >= 4 is 34.8 Å². The number of carbonyl (C=O) groups is 1. The second-order valence-corrected chi connectivity index (χ2v) is 6.87. The lowest BCUT2D eigenvalue weighted by Crippen LogP contribution is -2.33. The third kappa shape index (κ3) is 6.24. The Balaban J connectivity index is 1.79. The molecule has 0 atom stereocenters. The summed E-state index contributed by atoms with van der Waals surface area (Å²) < 4.78 is 5.63. The van der Waals surface area contributed by atoms with E-state index in [2.05, 4.69) is 5.32 Å². The summed E-state index contributed by atoms with van der Waals surface area (Å²) in [5, 5.41) is 4.11. The number of anilines is 1. The van der Waals surface area contributed by atoms with Crippen LogP contribution in [0.15, 0.2) is 36.4 Å². The van der Waals surface area contributed by atoms with E-state index in [9.17, 15) is 4.79 Å². The number of hydrogen-bond acceptors (Lipinski definition) is 3. The van der Waals surface area contributed by atoms with Crippen molar-refractivity contribution < 1.29 is 9.53 Å². The molecule has 0 spiro atoms. The van der Waals surface area contributed by atoms with Crippen LogP contribution in [0.5, 0.6) is 5.75 Å². The van der Waals surface area contributed by atoms with Crippen molar-refractivity contribution in [3.05, 3.63) is 57.6 Å². The van der Waals surface area contributed by atoms with Gasteiger partial charge in [-0.25, -0.2) is 0 Å². The van der Waals surface area contributed by atoms with Gasteiger partial charge >= 0.3 is 0 Å². The van der Waals surface area contributed by atoms with E-state index in [0.717, 1.165) is 16.9 Å². The van der Waals surface area contributed by atoms with Crippen molar-refractivity contribution in [3.8, 4) is 5.75 Å². The Bertz CT molecular complexity index is 710. The molecule has 0 heterocycles. The van der Waals surface area contributed by atoms with Crippen LogP contribution in [-0.2, 0) is 4.79 Å². The van der Waals surface area contributed by atoms with Crippen LogP contribution in [0, 0.1) is 13.8 Å². The number of amides is 1. The van der Waals surface area contributed by atoms with Crippen molar-refractivity contribution in [1.29, 1.82) is 0 Å². The molecule has 0 saturated carbocycles. The van der Waals surface area contributed by atoms with Gasteiger partial charge in [0.25, 0.3) is 0 Å². The number of benzene rings is 2. The molecule has 6 heteroatoms. The summed E-state index contributed by atoms with van der Waals surface area (Å²) in [6.45, 7) is 5.26. The van der Waals surface area contributed by atoms with Crippen LogP contribution in [0.2, 0.25) is 10.0 Å². The van der Waals surface area contributed by atoms with Crippen LogP contribution < -0.4 is 10.1 Å². The number of ether oxygens (including phenoxy) is 1. The lowest BCUT2D eigenvalue weighted by molar-refractivity contribution is -0.117. The Morgan fingerprint density at radius 3 is 2.48 bits per heavy atom. The van der Waals surface area contributed by atoms with Crippen molar-refractivity contribution in [2.75, 3.05) is 32.1 Å². The number of rotatable bonds is 7. The molecular weight excluding hydrogens is 359 g/mol. The first-order chi connectivity index (χ1) is 11.8. The quantitative estimate of drug-likeness (QED) is 0.765. The molecule has 4 nitrogen and oxygen atoms in total. The first kappa shape index (κ1) is 19.6. The van der Waals surface area contributed by atoms with E-state index in [1.165, 1.54) is 0 Å². The zero-order valence-corrected chi connectivity index (χ0v) is 16.1. The third-order valence-electron chi connectivity index (χ3n) is 3.67. The Hall–Kier alpha value is -1.75. The maximum atomic E-state index is 12.2. The van der Waals surface area contributed by atoms with Crippen LogP contribution in [0.25, 0.3) is 0 Å². The van der Waals surface area contributed by atoms with Crippen LogP contribution in [-0.4, -0.2) is 37.6 Å². The van der Waals surface area contributed by atoms with Gasteiger partial charge in [0.2, 0.25) is 5.91 Å². The fourth-order valence-electron chi connectivity index (χ4n) is 2.43.